The third-order valence-electron chi connectivity index (χ3n) is 11.2. The number of amides is 2. The average molecular weight is 772 g/mol. The second-order valence-electron chi connectivity index (χ2n) is 16.2. The van der Waals surface area contributed by atoms with Crippen LogP contribution in [-0.2, 0) is 9.53 Å². The van der Waals surface area contributed by atoms with Crippen LogP contribution in [-0.4, -0.2) is 118 Å². The topological polar surface area (TPSA) is 104 Å². The number of anilines is 1. The fourth-order valence-electron chi connectivity index (χ4n) is 8.39. The lowest BCUT2D eigenvalue weighted by atomic mass is 9.95. The first-order valence-electron chi connectivity index (χ1n) is 18.9. The molecule has 0 aliphatic carbocycles. The minimum absolute atomic E-state index is 0.0115. The van der Waals surface area contributed by atoms with Crippen LogP contribution in [0.5, 0.6) is 6.01 Å². The average Bonchev–Trinajstić information content (AvgIpc) is 3.84. The van der Waals surface area contributed by atoms with E-state index in [0.717, 1.165) is 24.8 Å². The number of alkyl halides is 1. The fourth-order valence-corrected chi connectivity index (χ4v) is 8.67. The quantitative estimate of drug-likeness (QED) is 0.203. The summed E-state index contributed by atoms with van der Waals surface area (Å²) in [7, 11) is 1.86. The van der Waals surface area contributed by atoms with Gasteiger partial charge in [-0.15, -0.1) is 0 Å². The first-order chi connectivity index (χ1) is 26.3. The number of likely N-dealkylation sites (N-methyl/N-ethyl adjacent to an activating group) is 1. The number of fused-ring (bicyclic) bond motifs is 3. The zero-order chi connectivity index (χ0) is 38.6. The normalized spacial score (nSPS) is 22.7. The number of hydrogen-bond donors (Lipinski definition) is 0. The van der Waals surface area contributed by atoms with E-state index in [2.05, 4.69) is 26.7 Å². The van der Waals surface area contributed by atoms with E-state index in [1.807, 2.05) is 57.0 Å². The molecular weight excluding hydrogens is 728 g/mol. The van der Waals surface area contributed by atoms with Crippen LogP contribution < -0.4 is 9.64 Å². The van der Waals surface area contributed by atoms with Crippen LogP contribution in [0, 0.1) is 23.6 Å². The predicted molar refractivity (Wildman–Crippen MR) is 206 cm³/mol. The van der Waals surface area contributed by atoms with Gasteiger partial charge in [0.1, 0.15) is 35.4 Å². The highest BCUT2D eigenvalue weighted by molar-refractivity contribution is 6.36. The predicted octanol–water partition coefficient (Wildman–Crippen LogP) is 6.50. The molecule has 4 saturated heterocycles. The van der Waals surface area contributed by atoms with Crippen molar-refractivity contribution in [1.29, 1.82) is 0 Å². The summed E-state index contributed by atoms with van der Waals surface area (Å²) < 4.78 is 43.2. The standard InChI is InChI=1S/C41H44ClF2N7O4/c1-40(2,3)55-39(53)50-20-25(21-50)12-13-32(52)49-17-14-28(23-49)48(4)37-30-19-45-35(29-10-5-8-26-9-6-11-31(42)33(26)29)34(44)36(30)46-38(47-37)54-24-41-15-7-16-51(41)22-27(43)18-41/h5-6,8-11,19,25,27-28H,7,14-18,20-24H2,1-4H3/t27-,28-,41+/m1/s1. The van der Waals surface area contributed by atoms with E-state index in [1.165, 1.54) is 0 Å². The second-order valence-corrected chi connectivity index (χ2v) is 16.6. The molecule has 0 N–H and O–H groups in total. The lowest BCUT2D eigenvalue weighted by molar-refractivity contribution is -0.124. The zero-order valence-electron chi connectivity index (χ0n) is 31.4. The summed E-state index contributed by atoms with van der Waals surface area (Å²) in [5.74, 6) is 5.17. The van der Waals surface area contributed by atoms with Crippen molar-refractivity contribution in [1.82, 2.24) is 29.7 Å². The van der Waals surface area contributed by atoms with Gasteiger partial charge in [-0.1, -0.05) is 47.9 Å². The maximum absolute atomic E-state index is 16.9. The van der Waals surface area contributed by atoms with Gasteiger partial charge in [0.05, 0.1) is 16.8 Å². The lowest BCUT2D eigenvalue weighted by Gasteiger charge is -2.37. The van der Waals surface area contributed by atoms with Crippen LogP contribution in [0.25, 0.3) is 32.9 Å². The highest BCUT2D eigenvalue weighted by atomic mass is 35.5. The number of benzene rings is 2. The van der Waals surface area contributed by atoms with E-state index >= 15 is 4.39 Å². The van der Waals surface area contributed by atoms with Crippen molar-refractivity contribution in [2.75, 3.05) is 57.8 Å². The summed E-state index contributed by atoms with van der Waals surface area (Å²) in [5.41, 5.74) is -0.369. The van der Waals surface area contributed by atoms with Crippen LogP contribution >= 0.6 is 11.6 Å². The Morgan fingerprint density at radius 2 is 1.85 bits per heavy atom. The van der Waals surface area contributed by atoms with Crippen molar-refractivity contribution in [2.24, 2.45) is 5.92 Å². The smallest absolute Gasteiger partial charge is 0.410 e. The molecule has 0 spiro atoms. The van der Waals surface area contributed by atoms with Gasteiger partial charge >= 0.3 is 12.1 Å². The third kappa shape index (κ3) is 7.22. The highest BCUT2D eigenvalue weighted by Gasteiger charge is 2.49. The number of likely N-dealkylation sites (tertiary alicyclic amines) is 2. The Morgan fingerprint density at radius 1 is 1.07 bits per heavy atom. The third-order valence-corrected chi connectivity index (χ3v) is 11.5. The monoisotopic (exact) mass is 771 g/mol. The Morgan fingerprint density at radius 3 is 2.64 bits per heavy atom. The van der Waals surface area contributed by atoms with Crippen LogP contribution in [0.2, 0.25) is 5.02 Å². The molecule has 0 saturated carbocycles. The summed E-state index contributed by atoms with van der Waals surface area (Å²) in [6, 6.07) is 10.9. The second kappa shape index (κ2) is 14.4. The number of rotatable bonds is 6. The minimum Gasteiger partial charge on any atom is -0.461 e. The molecule has 0 bridgehead atoms. The maximum atomic E-state index is 16.9. The summed E-state index contributed by atoms with van der Waals surface area (Å²) >= 11 is 6.63. The van der Waals surface area contributed by atoms with Crippen LogP contribution in [0.4, 0.5) is 19.4 Å². The Labute approximate surface area is 323 Å². The zero-order valence-corrected chi connectivity index (χ0v) is 32.2. The molecule has 0 radical (unpaired) electrons. The van der Waals surface area contributed by atoms with E-state index in [-0.39, 0.29) is 47.8 Å². The Bertz CT molecular complexity index is 2230. The molecule has 4 aliphatic rings. The minimum atomic E-state index is -0.930. The molecule has 4 aromatic rings. The molecular formula is C41H44ClF2N7O4. The first-order valence-corrected chi connectivity index (χ1v) is 19.2. The van der Waals surface area contributed by atoms with Crippen molar-refractivity contribution in [3.05, 3.63) is 53.4 Å². The number of carbonyl (C=O) groups excluding carboxylic acids is 2. The molecule has 6 heterocycles. The van der Waals surface area contributed by atoms with Crippen LogP contribution in [0.3, 0.4) is 0 Å². The number of carbonyl (C=O) groups is 2. The number of ether oxygens (including phenoxy) is 2. The van der Waals surface area contributed by atoms with Crippen LogP contribution in [0.15, 0.2) is 42.6 Å². The van der Waals surface area contributed by atoms with Gasteiger partial charge in [-0.3, -0.25) is 14.7 Å². The van der Waals surface area contributed by atoms with E-state index in [9.17, 15) is 14.0 Å². The Hall–Kier alpha value is -4.80. The number of aromatic nitrogens is 3. The van der Waals surface area contributed by atoms with Gasteiger partial charge in [-0.05, 0) is 64.0 Å². The van der Waals surface area contributed by atoms with Gasteiger partial charge in [0, 0.05) is 74.4 Å². The van der Waals surface area contributed by atoms with Crippen LogP contribution in [0.1, 0.15) is 46.5 Å². The van der Waals surface area contributed by atoms with Crippen molar-refractivity contribution in [3.63, 3.8) is 0 Å². The summed E-state index contributed by atoms with van der Waals surface area (Å²) in [6.07, 6.45) is 3.00. The van der Waals surface area contributed by atoms with Gasteiger partial charge in [-0.25, -0.2) is 13.6 Å². The van der Waals surface area contributed by atoms with Crippen molar-refractivity contribution >= 4 is 51.1 Å². The molecule has 2 aromatic carbocycles. The number of hydrogen-bond acceptors (Lipinski definition) is 9. The molecule has 2 aromatic heterocycles. The van der Waals surface area contributed by atoms with E-state index in [1.54, 1.807) is 28.1 Å². The Kier molecular flexibility index (Phi) is 9.70. The number of pyridine rings is 1. The fraction of sp³-hybridized carbons (Fsp3) is 0.488. The van der Waals surface area contributed by atoms with E-state index < -0.39 is 23.1 Å². The van der Waals surface area contributed by atoms with E-state index in [4.69, 9.17) is 26.1 Å². The molecule has 4 aliphatic heterocycles. The van der Waals surface area contributed by atoms with Gasteiger partial charge in [0.25, 0.3) is 5.91 Å². The molecule has 8 rings (SSSR count). The molecule has 0 unspecified atom stereocenters. The lowest BCUT2D eigenvalue weighted by Crippen LogP contribution is -2.51. The molecule has 14 heteroatoms. The van der Waals surface area contributed by atoms with Crippen molar-refractivity contribution < 1.29 is 27.8 Å². The SMILES string of the molecule is CN(c1nc(OC[C@@]23CCCN2C[C@H](F)C3)nc2c(F)c(-c3cccc4cccc(Cl)c34)ncc12)[C@@H]1CCN(C(=O)C#CC2CN(C(=O)OC(C)(C)C)C2)C1. The Balaban J connectivity index is 1.06. The summed E-state index contributed by atoms with van der Waals surface area (Å²) in [5, 5.41) is 2.39. The van der Waals surface area contributed by atoms with Crippen molar-refractivity contribution in [3.8, 4) is 29.1 Å². The van der Waals surface area contributed by atoms with Gasteiger partial charge in [0.2, 0.25) is 0 Å². The number of halogens is 3. The highest BCUT2D eigenvalue weighted by Crippen LogP contribution is 2.41. The largest absolute Gasteiger partial charge is 0.461 e. The van der Waals surface area contributed by atoms with E-state index in [0.29, 0.717) is 72.7 Å². The molecule has 288 valence electrons. The first kappa shape index (κ1) is 37.1. The molecule has 55 heavy (non-hydrogen) atoms. The van der Waals surface area contributed by atoms with Crippen molar-refractivity contribution in [2.45, 2.75) is 69.8 Å². The molecule has 3 atom stereocenters. The maximum Gasteiger partial charge on any atom is 0.410 e. The van der Waals surface area contributed by atoms with Gasteiger partial charge < -0.3 is 24.2 Å². The number of nitrogens with zero attached hydrogens (tertiary/aromatic N) is 7. The summed E-state index contributed by atoms with van der Waals surface area (Å²) in [6.45, 7) is 8.50. The van der Waals surface area contributed by atoms with Gasteiger partial charge in [-0.2, -0.15) is 9.97 Å². The molecule has 4 fully saturated rings. The van der Waals surface area contributed by atoms with Gasteiger partial charge in [0.15, 0.2) is 5.82 Å². The molecule has 11 nitrogen and oxygen atoms in total. The summed E-state index contributed by atoms with van der Waals surface area (Å²) in [4.78, 5) is 46.9. The molecule has 2 amide bonds.